The molecule has 1 aliphatic rings. The summed E-state index contributed by atoms with van der Waals surface area (Å²) in [4.78, 5) is 15.3. The number of amides is 1. The number of likely N-dealkylation sites (tertiary alicyclic amines) is 1. The number of anilines is 1. The zero-order valence-corrected chi connectivity index (χ0v) is 18.4. The summed E-state index contributed by atoms with van der Waals surface area (Å²) in [5.74, 6) is 0.527. The highest BCUT2D eigenvalue weighted by atomic mass is 16.5. The van der Waals surface area contributed by atoms with E-state index in [9.17, 15) is 4.79 Å². The molecule has 32 heavy (non-hydrogen) atoms. The minimum atomic E-state index is -0.655. The lowest BCUT2D eigenvalue weighted by Gasteiger charge is -2.32. The minimum Gasteiger partial charge on any atom is -0.367 e. The molecule has 0 bridgehead atoms. The van der Waals surface area contributed by atoms with Crippen molar-refractivity contribution in [1.29, 1.82) is 0 Å². The van der Waals surface area contributed by atoms with Gasteiger partial charge in [0.25, 0.3) is 5.91 Å². The number of aromatic nitrogens is 2. The molecule has 4 rings (SSSR count). The third-order valence-electron chi connectivity index (χ3n) is 5.87. The van der Waals surface area contributed by atoms with Gasteiger partial charge in [0.1, 0.15) is 5.82 Å². The van der Waals surface area contributed by atoms with Crippen LogP contribution in [0.1, 0.15) is 36.1 Å². The molecule has 1 saturated heterocycles. The van der Waals surface area contributed by atoms with E-state index < -0.39 is 6.10 Å². The zero-order chi connectivity index (χ0) is 22.2. The molecular weight excluding hydrogens is 400 g/mol. The first-order valence-electron chi connectivity index (χ1n) is 11.1. The van der Waals surface area contributed by atoms with Gasteiger partial charge in [-0.15, -0.1) is 0 Å². The van der Waals surface area contributed by atoms with E-state index in [4.69, 9.17) is 4.74 Å². The average molecular weight is 431 g/mol. The first-order valence-corrected chi connectivity index (χ1v) is 11.1. The van der Waals surface area contributed by atoms with Crippen LogP contribution in [0.15, 0.2) is 79.0 Å². The number of hydrogen-bond acceptors (Lipinski definition) is 4. The number of nitrogens with zero attached hydrogens (tertiary/aromatic N) is 3. The highest BCUT2D eigenvalue weighted by molar-refractivity contribution is 5.94. The van der Waals surface area contributed by atoms with Gasteiger partial charge < -0.3 is 10.1 Å². The quantitative estimate of drug-likeness (QED) is 0.569. The number of benzene rings is 2. The lowest BCUT2D eigenvalue weighted by Crippen LogP contribution is -2.35. The maximum Gasteiger partial charge on any atom is 0.259 e. The van der Waals surface area contributed by atoms with Crippen LogP contribution in [0.25, 0.3) is 6.08 Å². The molecule has 6 nitrogen and oxygen atoms in total. The number of carbonyl (C=O) groups excluding carboxylic acids is 1. The van der Waals surface area contributed by atoms with E-state index in [0.29, 0.717) is 0 Å². The van der Waals surface area contributed by atoms with Crippen molar-refractivity contribution in [3.05, 3.63) is 90.1 Å². The Balaban J connectivity index is 1.32. The van der Waals surface area contributed by atoms with Crippen LogP contribution < -0.4 is 5.32 Å². The maximum atomic E-state index is 12.9. The second-order valence-electron chi connectivity index (χ2n) is 8.02. The van der Waals surface area contributed by atoms with Crippen molar-refractivity contribution in [2.24, 2.45) is 0 Å². The molecule has 0 radical (unpaired) electrons. The van der Waals surface area contributed by atoms with Gasteiger partial charge in [-0.05, 0) is 24.0 Å². The molecule has 1 N–H and O–H groups in total. The lowest BCUT2D eigenvalue weighted by atomic mass is 10.1. The molecule has 2 heterocycles. The number of hydrogen-bond donors (Lipinski definition) is 1. The second-order valence-corrected chi connectivity index (χ2v) is 8.02. The number of carbonyl (C=O) groups is 1. The third-order valence-corrected chi connectivity index (χ3v) is 5.87. The summed E-state index contributed by atoms with van der Waals surface area (Å²) in [6.45, 7) is 2.94. The number of rotatable bonds is 8. The van der Waals surface area contributed by atoms with Crippen molar-refractivity contribution >= 4 is 17.8 Å². The van der Waals surface area contributed by atoms with Crippen molar-refractivity contribution in [1.82, 2.24) is 14.7 Å². The molecule has 0 saturated carbocycles. The molecule has 1 aliphatic heterocycles. The molecular formula is C26H30N4O2. The van der Waals surface area contributed by atoms with Gasteiger partial charge in [-0.3, -0.25) is 9.69 Å². The SMILES string of the molecule is COC(C(=O)Nc1ccnn1C1CCN(CC=Cc2ccccc2)CC1)c1ccccc1. The highest BCUT2D eigenvalue weighted by Crippen LogP contribution is 2.26. The van der Waals surface area contributed by atoms with Crippen LogP contribution in [-0.2, 0) is 9.53 Å². The molecule has 0 aliphatic carbocycles. The summed E-state index contributed by atoms with van der Waals surface area (Å²) in [6, 6.07) is 22.0. The lowest BCUT2D eigenvalue weighted by molar-refractivity contribution is -0.126. The fourth-order valence-corrected chi connectivity index (χ4v) is 4.17. The highest BCUT2D eigenvalue weighted by Gasteiger charge is 2.25. The maximum absolute atomic E-state index is 12.9. The summed E-state index contributed by atoms with van der Waals surface area (Å²) in [5.41, 5.74) is 2.06. The van der Waals surface area contributed by atoms with Gasteiger partial charge in [-0.1, -0.05) is 72.8 Å². The first kappa shape index (κ1) is 22.0. The predicted molar refractivity (Wildman–Crippen MR) is 127 cm³/mol. The largest absolute Gasteiger partial charge is 0.367 e. The molecule has 0 spiro atoms. The Morgan fingerprint density at radius 3 is 2.47 bits per heavy atom. The molecule has 1 unspecified atom stereocenters. The van der Waals surface area contributed by atoms with Crippen molar-refractivity contribution < 1.29 is 9.53 Å². The number of nitrogens with one attached hydrogen (secondary N) is 1. The third kappa shape index (κ3) is 5.52. The van der Waals surface area contributed by atoms with Gasteiger partial charge in [0.15, 0.2) is 6.10 Å². The Hall–Kier alpha value is -3.22. The molecule has 1 fully saturated rings. The van der Waals surface area contributed by atoms with Gasteiger partial charge in [0.2, 0.25) is 0 Å². The van der Waals surface area contributed by atoms with Crippen molar-refractivity contribution in [3.63, 3.8) is 0 Å². The van der Waals surface area contributed by atoms with E-state index in [1.54, 1.807) is 13.3 Å². The predicted octanol–water partition coefficient (Wildman–Crippen LogP) is 4.56. The summed E-state index contributed by atoms with van der Waals surface area (Å²) in [5, 5.41) is 7.52. The second kappa shape index (κ2) is 10.9. The van der Waals surface area contributed by atoms with Crippen molar-refractivity contribution in [2.45, 2.75) is 25.0 Å². The van der Waals surface area contributed by atoms with Gasteiger partial charge in [-0.2, -0.15) is 5.10 Å². The standard InChI is InChI=1S/C26H30N4O2/c1-32-25(22-12-6-3-7-13-22)26(31)28-24-14-17-27-30(24)23-15-19-29(20-16-23)18-8-11-21-9-4-2-5-10-21/h2-14,17,23,25H,15-16,18-20H2,1H3,(H,28,31). The minimum absolute atomic E-state index is 0.191. The van der Waals surface area contributed by atoms with Crippen molar-refractivity contribution in [2.75, 3.05) is 32.1 Å². The Labute approximate surface area is 189 Å². The fraction of sp³-hybridized carbons (Fsp3) is 0.308. The smallest absolute Gasteiger partial charge is 0.259 e. The Morgan fingerprint density at radius 1 is 1.09 bits per heavy atom. The first-order chi connectivity index (χ1) is 15.7. The number of methoxy groups -OCH3 is 1. The van der Waals surface area contributed by atoms with E-state index in [1.165, 1.54) is 5.56 Å². The van der Waals surface area contributed by atoms with E-state index in [1.807, 2.05) is 47.1 Å². The molecule has 1 atom stereocenters. The van der Waals surface area contributed by atoms with Crippen LogP contribution >= 0.6 is 0 Å². The van der Waals surface area contributed by atoms with Crippen LogP contribution in [0.2, 0.25) is 0 Å². The Kier molecular flexibility index (Phi) is 7.48. The van der Waals surface area contributed by atoms with E-state index in [2.05, 4.69) is 51.7 Å². The zero-order valence-electron chi connectivity index (χ0n) is 18.4. The van der Waals surface area contributed by atoms with Crippen LogP contribution in [0.5, 0.6) is 0 Å². The van der Waals surface area contributed by atoms with Crippen LogP contribution in [-0.4, -0.2) is 47.3 Å². The monoisotopic (exact) mass is 430 g/mol. The van der Waals surface area contributed by atoms with Crippen LogP contribution in [0.4, 0.5) is 5.82 Å². The molecule has 1 aromatic heterocycles. The molecule has 166 valence electrons. The molecule has 2 aromatic carbocycles. The molecule has 6 heteroatoms. The summed E-state index contributed by atoms with van der Waals surface area (Å²) < 4.78 is 7.41. The fourth-order valence-electron chi connectivity index (χ4n) is 4.17. The van der Waals surface area contributed by atoms with Gasteiger partial charge in [0, 0.05) is 32.8 Å². The molecule has 1 amide bonds. The topological polar surface area (TPSA) is 59.4 Å². The van der Waals surface area contributed by atoms with E-state index in [0.717, 1.165) is 43.9 Å². The summed E-state index contributed by atoms with van der Waals surface area (Å²) in [7, 11) is 1.55. The summed E-state index contributed by atoms with van der Waals surface area (Å²) in [6.07, 6.45) is 7.48. The van der Waals surface area contributed by atoms with Gasteiger partial charge in [-0.25, -0.2) is 4.68 Å². The normalized spacial score (nSPS) is 16.3. The van der Waals surface area contributed by atoms with E-state index >= 15 is 0 Å². The van der Waals surface area contributed by atoms with Gasteiger partial charge in [0.05, 0.1) is 12.2 Å². The molecule has 3 aromatic rings. The average Bonchev–Trinajstić information content (AvgIpc) is 3.29. The summed E-state index contributed by atoms with van der Waals surface area (Å²) >= 11 is 0. The number of ether oxygens (including phenoxy) is 1. The van der Waals surface area contributed by atoms with Gasteiger partial charge >= 0.3 is 0 Å². The van der Waals surface area contributed by atoms with Crippen molar-refractivity contribution in [3.8, 4) is 0 Å². The van der Waals surface area contributed by atoms with E-state index in [-0.39, 0.29) is 11.9 Å². The van der Waals surface area contributed by atoms with Crippen LogP contribution in [0.3, 0.4) is 0 Å². The number of piperidine rings is 1. The Bertz CT molecular complexity index is 1010. The Morgan fingerprint density at radius 2 is 1.78 bits per heavy atom. The van der Waals surface area contributed by atoms with Crippen LogP contribution in [0, 0.1) is 0 Å².